The fourth-order valence-electron chi connectivity index (χ4n) is 2.62. The molecule has 3 rings (SSSR count). The molecule has 1 fully saturated rings. The molecule has 0 radical (unpaired) electrons. The first kappa shape index (κ1) is 20.8. The molecule has 2 aromatic rings. The molecule has 1 saturated heterocycles. The van der Waals surface area contributed by atoms with E-state index in [-0.39, 0.29) is 42.4 Å². The Labute approximate surface area is 164 Å². The molecule has 1 aliphatic rings. The van der Waals surface area contributed by atoms with Crippen molar-refractivity contribution in [1.29, 1.82) is 0 Å². The van der Waals surface area contributed by atoms with E-state index in [2.05, 4.69) is 10.5 Å². The fourth-order valence-corrected chi connectivity index (χ4v) is 4.05. The molecular weight excluding hydrogens is 410 g/mol. The van der Waals surface area contributed by atoms with Gasteiger partial charge in [0.05, 0.1) is 29.2 Å². The normalized spacial score (nSPS) is 15.5. The molecule has 1 N–H and O–H groups in total. The third-order valence-corrected chi connectivity index (χ3v) is 6.01. The number of halogens is 2. The summed E-state index contributed by atoms with van der Waals surface area (Å²) in [5, 5.41) is 15.1. The second-order valence-electron chi connectivity index (χ2n) is 6.00. The van der Waals surface area contributed by atoms with Crippen LogP contribution < -0.4 is 5.43 Å². The van der Waals surface area contributed by atoms with E-state index in [9.17, 15) is 27.3 Å². The Morgan fingerprint density at radius 3 is 2.52 bits per heavy atom. The smallest absolute Gasteiger partial charge is 0.295 e. The molecule has 0 spiro atoms. The molecule has 2 aromatic carbocycles. The van der Waals surface area contributed by atoms with Gasteiger partial charge in [-0.2, -0.15) is 9.41 Å². The molecule has 1 heterocycles. The molecule has 0 amide bonds. The van der Waals surface area contributed by atoms with E-state index in [0.29, 0.717) is 0 Å². The second-order valence-corrected chi connectivity index (χ2v) is 7.93. The molecule has 0 unspecified atom stereocenters. The molecular formula is C17H16F2N4O5S. The number of hydrogen-bond donors (Lipinski definition) is 1. The molecule has 0 aromatic heterocycles. The minimum absolute atomic E-state index is 0.0604. The number of hydrazone groups is 1. The number of hydrogen-bond acceptors (Lipinski definition) is 7. The van der Waals surface area contributed by atoms with Gasteiger partial charge in [-0.1, -0.05) is 6.07 Å². The number of nitrogens with one attached hydrogen (secondary N) is 1. The van der Waals surface area contributed by atoms with Gasteiger partial charge in [-0.25, -0.2) is 17.2 Å². The second kappa shape index (κ2) is 8.59. The number of rotatable bonds is 6. The van der Waals surface area contributed by atoms with Crippen molar-refractivity contribution < 1.29 is 26.9 Å². The van der Waals surface area contributed by atoms with Crippen molar-refractivity contribution in [2.45, 2.75) is 4.90 Å². The summed E-state index contributed by atoms with van der Waals surface area (Å²) in [4.78, 5) is 10.4. The number of nitro benzene ring substituents is 1. The molecule has 0 aliphatic carbocycles. The summed E-state index contributed by atoms with van der Waals surface area (Å²) >= 11 is 0. The quantitative estimate of drug-likeness (QED) is 0.431. The lowest BCUT2D eigenvalue weighted by molar-refractivity contribution is -0.384. The summed E-state index contributed by atoms with van der Waals surface area (Å²) < 4.78 is 57.8. The van der Waals surface area contributed by atoms with Gasteiger partial charge in [0.15, 0.2) is 11.6 Å². The number of ether oxygens (including phenoxy) is 1. The standard InChI is InChI=1S/C17H16F2N4O5S/c18-14-3-1-12(9-15(14)19)11-20-21-16-4-2-13(10-17(16)23(24)25)29(26,27)22-5-7-28-8-6-22/h1-4,9-11,21H,5-8H2. The van der Waals surface area contributed by atoms with Gasteiger partial charge in [-0.05, 0) is 29.8 Å². The zero-order chi connectivity index (χ0) is 21.0. The lowest BCUT2D eigenvalue weighted by Gasteiger charge is -2.26. The van der Waals surface area contributed by atoms with E-state index in [0.717, 1.165) is 24.4 Å². The number of sulfonamides is 1. The van der Waals surface area contributed by atoms with Crippen LogP contribution in [0.5, 0.6) is 0 Å². The average molecular weight is 426 g/mol. The number of nitrogens with zero attached hydrogens (tertiary/aromatic N) is 3. The van der Waals surface area contributed by atoms with Crippen LogP contribution in [0.2, 0.25) is 0 Å². The van der Waals surface area contributed by atoms with Crippen molar-refractivity contribution in [2.75, 3.05) is 31.7 Å². The van der Waals surface area contributed by atoms with Crippen molar-refractivity contribution in [2.24, 2.45) is 5.10 Å². The Hall–Kier alpha value is -2.96. The van der Waals surface area contributed by atoms with Crippen molar-refractivity contribution in [3.63, 3.8) is 0 Å². The summed E-state index contributed by atoms with van der Waals surface area (Å²) in [5.74, 6) is -2.07. The first-order valence-electron chi connectivity index (χ1n) is 8.39. The van der Waals surface area contributed by atoms with Gasteiger partial charge < -0.3 is 4.74 Å². The first-order valence-corrected chi connectivity index (χ1v) is 9.83. The predicted molar refractivity (Wildman–Crippen MR) is 100 cm³/mol. The highest BCUT2D eigenvalue weighted by Gasteiger charge is 2.28. The molecule has 1 aliphatic heterocycles. The van der Waals surface area contributed by atoms with E-state index in [1.165, 1.54) is 22.5 Å². The Kier molecular flexibility index (Phi) is 6.15. The van der Waals surface area contributed by atoms with Crippen molar-refractivity contribution in [1.82, 2.24) is 4.31 Å². The average Bonchev–Trinajstić information content (AvgIpc) is 2.71. The van der Waals surface area contributed by atoms with Crippen LogP contribution in [0.1, 0.15) is 5.56 Å². The highest BCUT2D eigenvalue weighted by Crippen LogP contribution is 2.29. The maximum absolute atomic E-state index is 13.2. The van der Waals surface area contributed by atoms with Crippen LogP contribution in [0, 0.1) is 21.7 Å². The van der Waals surface area contributed by atoms with Crippen LogP contribution in [-0.2, 0) is 14.8 Å². The highest BCUT2D eigenvalue weighted by atomic mass is 32.2. The maximum Gasteiger partial charge on any atom is 0.295 e. The summed E-state index contributed by atoms with van der Waals surface area (Å²) in [6.07, 6.45) is 1.14. The lowest BCUT2D eigenvalue weighted by atomic mass is 10.2. The number of benzene rings is 2. The third kappa shape index (κ3) is 4.72. The number of nitro groups is 1. The molecule has 0 atom stereocenters. The predicted octanol–water partition coefficient (Wildman–Crippen LogP) is 2.34. The molecule has 9 nitrogen and oxygen atoms in total. The van der Waals surface area contributed by atoms with Gasteiger partial charge in [0, 0.05) is 19.2 Å². The first-order chi connectivity index (χ1) is 13.8. The van der Waals surface area contributed by atoms with Crippen molar-refractivity contribution >= 4 is 27.6 Å². The van der Waals surface area contributed by atoms with Gasteiger partial charge in [-0.3, -0.25) is 15.5 Å². The minimum Gasteiger partial charge on any atom is -0.379 e. The molecule has 12 heteroatoms. The highest BCUT2D eigenvalue weighted by molar-refractivity contribution is 7.89. The summed E-state index contributed by atoms with van der Waals surface area (Å²) in [7, 11) is -3.90. The number of anilines is 1. The SMILES string of the molecule is O=[N+]([O-])c1cc(S(=O)(=O)N2CCOCC2)ccc1NN=Cc1ccc(F)c(F)c1. The third-order valence-electron chi connectivity index (χ3n) is 4.12. The zero-order valence-corrected chi connectivity index (χ0v) is 15.7. The maximum atomic E-state index is 13.2. The van der Waals surface area contributed by atoms with Gasteiger partial charge in [-0.15, -0.1) is 0 Å². The van der Waals surface area contributed by atoms with E-state index >= 15 is 0 Å². The van der Waals surface area contributed by atoms with Gasteiger partial charge in [0.2, 0.25) is 10.0 Å². The summed E-state index contributed by atoms with van der Waals surface area (Å²) in [6.45, 7) is 0.822. The van der Waals surface area contributed by atoms with Gasteiger partial charge in [0.25, 0.3) is 5.69 Å². The topological polar surface area (TPSA) is 114 Å². The van der Waals surface area contributed by atoms with E-state index in [4.69, 9.17) is 4.74 Å². The van der Waals surface area contributed by atoms with E-state index in [1.54, 1.807) is 0 Å². The van der Waals surface area contributed by atoms with Gasteiger partial charge in [0.1, 0.15) is 5.69 Å². The largest absolute Gasteiger partial charge is 0.379 e. The van der Waals surface area contributed by atoms with E-state index in [1.807, 2.05) is 0 Å². The Morgan fingerprint density at radius 1 is 1.14 bits per heavy atom. The van der Waals surface area contributed by atoms with Crippen LogP contribution in [0.3, 0.4) is 0 Å². The van der Waals surface area contributed by atoms with Crippen LogP contribution in [0.25, 0.3) is 0 Å². The van der Waals surface area contributed by atoms with Crippen molar-refractivity contribution in [3.05, 3.63) is 63.7 Å². The summed E-state index contributed by atoms with van der Waals surface area (Å²) in [5.41, 5.74) is 2.09. The Balaban J connectivity index is 1.83. The van der Waals surface area contributed by atoms with E-state index < -0.39 is 32.3 Å². The zero-order valence-electron chi connectivity index (χ0n) is 14.9. The fraction of sp³-hybridized carbons (Fsp3) is 0.235. The van der Waals surface area contributed by atoms with Crippen LogP contribution in [0.4, 0.5) is 20.2 Å². The molecule has 154 valence electrons. The number of morpholine rings is 1. The van der Waals surface area contributed by atoms with Crippen LogP contribution >= 0.6 is 0 Å². The van der Waals surface area contributed by atoms with Gasteiger partial charge >= 0.3 is 0 Å². The van der Waals surface area contributed by atoms with Crippen molar-refractivity contribution in [3.8, 4) is 0 Å². The lowest BCUT2D eigenvalue weighted by Crippen LogP contribution is -2.40. The monoisotopic (exact) mass is 426 g/mol. The molecule has 0 saturated carbocycles. The Bertz CT molecular complexity index is 1060. The molecule has 29 heavy (non-hydrogen) atoms. The Morgan fingerprint density at radius 2 is 1.86 bits per heavy atom. The minimum atomic E-state index is -3.90. The summed E-state index contributed by atoms with van der Waals surface area (Å²) in [6, 6.07) is 6.49. The molecule has 0 bridgehead atoms. The van der Waals surface area contributed by atoms with Crippen LogP contribution in [0.15, 0.2) is 46.4 Å². The van der Waals surface area contributed by atoms with Crippen LogP contribution in [-0.4, -0.2) is 50.2 Å².